The maximum absolute atomic E-state index is 12.4. The van der Waals surface area contributed by atoms with Gasteiger partial charge in [-0.3, -0.25) is 0 Å². The van der Waals surface area contributed by atoms with Crippen LogP contribution in [0.4, 0.5) is 0 Å². The molecule has 0 bridgehead atoms. The number of carboxylic acids is 1. The molecule has 0 unspecified atom stereocenters. The summed E-state index contributed by atoms with van der Waals surface area (Å²) in [6, 6.07) is 1.96. The molecule has 1 aromatic rings. The molecular weight excluding hydrogens is 294 g/mol. The number of carboxylic acid groups (broad SMARTS) is 1. The van der Waals surface area contributed by atoms with E-state index in [4.69, 9.17) is 9.84 Å². The summed E-state index contributed by atoms with van der Waals surface area (Å²) in [5.74, 6) is -1.08. The topological polar surface area (TPSA) is 92.7 Å². The Balaban J connectivity index is 2.87. The number of nitrogens with one attached hydrogen (secondary N) is 1. The molecule has 0 fully saturated rings. The van der Waals surface area contributed by atoms with Crippen LogP contribution in [0.25, 0.3) is 0 Å². The van der Waals surface area contributed by atoms with Crippen LogP contribution in [0.15, 0.2) is 11.0 Å². The normalized spacial score (nSPS) is 11.6. The van der Waals surface area contributed by atoms with Crippen molar-refractivity contribution in [3.63, 3.8) is 0 Å². The molecular formula is C14H21NO5S. The smallest absolute Gasteiger partial charge is 0.329 e. The number of rotatable bonds is 7. The van der Waals surface area contributed by atoms with Gasteiger partial charge in [-0.2, -0.15) is 0 Å². The van der Waals surface area contributed by atoms with Crippen LogP contribution in [0, 0.1) is 27.7 Å². The Bertz CT molecular complexity index is 611. The molecule has 2 N–H and O–H groups in total. The van der Waals surface area contributed by atoms with Gasteiger partial charge in [0.2, 0.25) is 10.0 Å². The van der Waals surface area contributed by atoms with Gasteiger partial charge in [0.15, 0.2) is 0 Å². The minimum absolute atomic E-state index is 0.00836. The summed E-state index contributed by atoms with van der Waals surface area (Å²) in [5, 5.41) is 8.42. The second-order valence-electron chi connectivity index (χ2n) is 4.93. The van der Waals surface area contributed by atoms with Crippen LogP contribution < -0.4 is 4.72 Å². The minimum Gasteiger partial charge on any atom is -0.480 e. The first-order valence-electron chi connectivity index (χ1n) is 6.53. The molecule has 7 heteroatoms. The van der Waals surface area contributed by atoms with Gasteiger partial charge >= 0.3 is 5.97 Å². The maximum atomic E-state index is 12.4. The first kappa shape index (κ1) is 17.6. The number of sulfonamides is 1. The Morgan fingerprint density at radius 2 is 1.71 bits per heavy atom. The third kappa shape index (κ3) is 4.52. The highest BCUT2D eigenvalue weighted by molar-refractivity contribution is 7.89. The van der Waals surface area contributed by atoms with E-state index in [9.17, 15) is 13.2 Å². The van der Waals surface area contributed by atoms with E-state index >= 15 is 0 Å². The molecule has 0 spiro atoms. The lowest BCUT2D eigenvalue weighted by atomic mass is 10.0. The summed E-state index contributed by atoms with van der Waals surface area (Å²) < 4.78 is 32.0. The molecule has 0 aromatic heterocycles. The fourth-order valence-electron chi connectivity index (χ4n) is 2.06. The molecule has 0 saturated carbocycles. The number of aryl methyl sites for hydroxylation is 2. The zero-order valence-corrected chi connectivity index (χ0v) is 13.5. The van der Waals surface area contributed by atoms with Crippen molar-refractivity contribution in [2.45, 2.75) is 32.6 Å². The van der Waals surface area contributed by atoms with E-state index in [2.05, 4.69) is 4.72 Å². The number of ether oxygens (including phenoxy) is 1. The number of benzene rings is 1. The van der Waals surface area contributed by atoms with Crippen LogP contribution in [-0.2, 0) is 19.6 Å². The number of hydrogen-bond acceptors (Lipinski definition) is 4. The number of carbonyl (C=O) groups is 1. The average molecular weight is 315 g/mol. The van der Waals surface area contributed by atoms with E-state index in [0.29, 0.717) is 4.90 Å². The molecule has 118 valence electrons. The average Bonchev–Trinajstić information content (AvgIpc) is 2.35. The molecule has 0 atom stereocenters. The Hall–Kier alpha value is -1.44. The molecule has 21 heavy (non-hydrogen) atoms. The van der Waals surface area contributed by atoms with Crippen molar-refractivity contribution in [1.29, 1.82) is 0 Å². The second kappa shape index (κ2) is 7.02. The van der Waals surface area contributed by atoms with E-state index in [1.807, 2.05) is 19.9 Å². The Kier molecular flexibility index (Phi) is 5.88. The lowest BCUT2D eigenvalue weighted by molar-refractivity contribution is -0.142. The Morgan fingerprint density at radius 3 is 2.19 bits per heavy atom. The van der Waals surface area contributed by atoms with Gasteiger partial charge in [-0.1, -0.05) is 6.07 Å². The van der Waals surface area contributed by atoms with E-state index in [-0.39, 0.29) is 13.2 Å². The van der Waals surface area contributed by atoms with Gasteiger partial charge in [-0.25, -0.2) is 17.9 Å². The molecule has 0 amide bonds. The molecule has 0 aliphatic heterocycles. The van der Waals surface area contributed by atoms with Gasteiger partial charge in [0.1, 0.15) is 6.61 Å². The van der Waals surface area contributed by atoms with Crippen LogP contribution >= 0.6 is 0 Å². The van der Waals surface area contributed by atoms with Crippen LogP contribution in [0.1, 0.15) is 22.3 Å². The summed E-state index contributed by atoms with van der Waals surface area (Å²) in [7, 11) is -3.64. The summed E-state index contributed by atoms with van der Waals surface area (Å²) >= 11 is 0. The van der Waals surface area contributed by atoms with Crippen LogP contribution in [0.2, 0.25) is 0 Å². The maximum Gasteiger partial charge on any atom is 0.329 e. The van der Waals surface area contributed by atoms with Crippen molar-refractivity contribution in [1.82, 2.24) is 4.72 Å². The lowest BCUT2D eigenvalue weighted by Crippen LogP contribution is -2.29. The highest BCUT2D eigenvalue weighted by Gasteiger charge is 2.21. The SMILES string of the molecule is Cc1cc(C)c(C)c(S(=O)(=O)NCCOCC(=O)O)c1C. The van der Waals surface area contributed by atoms with Crippen molar-refractivity contribution in [3.8, 4) is 0 Å². The molecule has 0 aliphatic carbocycles. The second-order valence-corrected chi connectivity index (χ2v) is 6.64. The number of aliphatic carboxylic acids is 1. The van der Waals surface area contributed by atoms with Gasteiger partial charge in [-0.05, 0) is 49.9 Å². The molecule has 1 rings (SSSR count). The Morgan fingerprint density at radius 1 is 1.19 bits per heavy atom. The van der Waals surface area contributed by atoms with Crippen molar-refractivity contribution < 1.29 is 23.1 Å². The van der Waals surface area contributed by atoms with Gasteiger partial charge in [0.25, 0.3) is 0 Å². The third-order valence-corrected chi connectivity index (χ3v) is 5.06. The summed E-state index contributed by atoms with van der Waals surface area (Å²) in [6.07, 6.45) is 0. The number of hydrogen-bond donors (Lipinski definition) is 2. The molecule has 0 aliphatic rings. The van der Waals surface area contributed by atoms with E-state index in [1.165, 1.54) is 0 Å². The lowest BCUT2D eigenvalue weighted by Gasteiger charge is -2.16. The zero-order valence-electron chi connectivity index (χ0n) is 12.7. The Labute approximate surface area is 125 Å². The monoisotopic (exact) mass is 315 g/mol. The van der Waals surface area contributed by atoms with E-state index in [0.717, 1.165) is 22.3 Å². The third-order valence-electron chi connectivity index (χ3n) is 3.33. The van der Waals surface area contributed by atoms with Crippen LogP contribution in [0.5, 0.6) is 0 Å². The molecule has 0 heterocycles. The molecule has 0 saturated heterocycles. The molecule has 1 aromatic carbocycles. The summed E-state index contributed by atoms with van der Waals surface area (Å²) in [6.45, 7) is 6.89. The van der Waals surface area contributed by atoms with Crippen LogP contribution in [0.3, 0.4) is 0 Å². The van der Waals surface area contributed by atoms with E-state index in [1.54, 1.807) is 13.8 Å². The highest BCUT2D eigenvalue weighted by atomic mass is 32.2. The quantitative estimate of drug-likeness (QED) is 0.740. The van der Waals surface area contributed by atoms with Crippen molar-refractivity contribution >= 4 is 16.0 Å². The standard InChI is InChI=1S/C14H21NO5S/c1-9-7-10(2)12(4)14(11(9)3)21(18,19)15-5-6-20-8-13(16)17/h7,15H,5-6,8H2,1-4H3,(H,16,17). The zero-order chi connectivity index (χ0) is 16.2. The van der Waals surface area contributed by atoms with Crippen molar-refractivity contribution in [3.05, 3.63) is 28.3 Å². The van der Waals surface area contributed by atoms with E-state index < -0.39 is 22.6 Å². The van der Waals surface area contributed by atoms with Gasteiger partial charge in [0.05, 0.1) is 11.5 Å². The first-order valence-corrected chi connectivity index (χ1v) is 8.01. The van der Waals surface area contributed by atoms with Gasteiger partial charge in [-0.15, -0.1) is 0 Å². The summed E-state index contributed by atoms with van der Waals surface area (Å²) in [5.41, 5.74) is 3.27. The highest BCUT2D eigenvalue weighted by Crippen LogP contribution is 2.25. The molecule has 0 radical (unpaired) electrons. The molecule has 6 nitrogen and oxygen atoms in total. The largest absolute Gasteiger partial charge is 0.480 e. The van der Waals surface area contributed by atoms with Crippen molar-refractivity contribution in [2.75, 3.05) is 19.8 Å². The minimum atomic E-state index is -3.64. The fraction of sp³-hybridized carbons (Fsp3) is 0.500. The van der Waals surface area contributed by atoms with Gasteiger partial charge < -0.3 is 9.84 Å². The fourth-order valence-corrected chi connectivity index (χ4v) is 3.69. The predicted octanol–water partition coefficient (Wildman–Crippen LogP) is 1.30. The predicted molar refractivity (Wildman–Crippen MR) is 79.0 cm³/mol. The van der Waals surface area contributed by atoms with Crippen LogP contribution in [-0.4, -0.2) is 39.3 Å². The van der Waals surface area contributed by atoms with Gasteiger partial charge in [0, 0.05) is 6.54 Å². The first-order chi connectivity index (χ1) is 9.66. The van der Waals surface area contributed by atoms with Crippen molar-refractivity contribution in [2.24, 2.45) is 0 Å². The summed E-state index contributed by atoms with van der Waals surface area (Å²) in [4.78, 5) is 10.6.